The molecule has 2 heterocycles. The van der Waals surface area contributed by atoms with E-state index in [-0.39, 0.29) is 0 Å². The zero-order valence-electron chi connectivity index (χ0n) is 9.08. The molecule has 0 bridgehead atoms. The van der Waals surface area contributed by atoms with E-state index >= 15 is 0 Å². The third-order valence-electron chi connectivity index (χ3n) is 2.47. The van der Waals surface area contributed by atoms with E-state index in [9.17, 15) is 0 Å². The van der Waals surface area contributed by atoms with Crippen LogP contribution in [0.15, 0.2) is 61.1 Å². The molecule has 0 atom stereocenters. The van der Waals surface area contributed by atoms with Crippen LogP contribution in [0, 0.1) is 0 Å². The van der Waals surface area contributed by atoms with Gasteiger partial charge in [0.1, 0.15) is 5.01 Å². The van der Waals surface area contributed by atoms with Gasteiger partial charge >= 0.3 is 0 Å². The molecule has 3 aromatic rings. The first-order valence-electron chi connectivity index (χ1n) is 5.35. The summed E-state index contributed by atoms with van der Waals surface area (Å²) in [5.74, 6) is 0. The van der Waals surface area contributed by atoms with Gasteiger partial charge in [0.15, 0.2) is 0 Å². The van der Waals surface area contributed by atoms with Crippen LogP contribution < -0.4 is 0 Å². The Bertz CT molecular complexity index is 548. The minimum Gasteiger partial charge on any atom is -0.264 e. The predicted molar refractivity (Wildman–Crippen MR) is 70.8 cm³/mol. The van der Waals surface area contributed by atoms with Crippen molar-refractivity contribution in [3.63, 3.8) is 0 Å². The van der Waals surface area contributed by atoms with Gasteiger partial charge in [0.25, 0.3) is 0 Å². The molecule has 3 rings (SSSR count). The highest BCUT2D eigenvalue weighted by molar-refractivity contribution is 7.18. The Balaban J connectivity index is 1.99. The Morgan fingerprint density at radius 2 is 1.65 bits per heavy atom. The van der Waals surface area contributed by atoms with Crippen molar-refractivity contribution in [3.8, 4) is 21.0 Å². The molecule has 2 aromatic heterocycles. The van der Waals surface area contributed by atoms with E-state index in [4.69, 9.17) is 0 Å². The third kappa shape index (κ3) is 2.10. The Kier molecular flexibility index (Phi) is 2.68. The molecule has 0 radical (unpaired) electrons. The molecule has 82 valence electrons. The first-order valence-corrected chi connectivity index (χ1v) is 6.17. The molecule has 0 N–H and O–H groups in total. The number of rotatable bonds is 2. The van der Waals surface area contributed by atoms with Crippen LogP contribution in [0.5, 0.6) is 0 Å². The summed E-state index contributed by atoms with van der Waals surface area (Å²) in [6.45, 7) is 0. The van der Waals surface area contributed by atoms with E-state index in [2.05, 4.69) is 22.1 Å². The summed E-state index contributed by atoms with van der Waals surface area (Å²) in [5.41, 5.74) is 2.28. The van der Waals surface area contributed by atoms with E-state index < -0.39 is 0 Å². The maximum absolute atomic E-state index is 4.44. The Hall–Kier alpha value is -2.00. The quantitative estimate of drug-likeness (QED) is 0.677. The van der Waals surface area contributed by atoms with Gasteiger partial charge < -0.3 is 0 Å². The molecule has 0 amide bonds. The van der Waals surface area contributed by atoms with Crippen molar-refractivity contribution < 1.29 is 0 Å². The summed E-state index contributed by atoms with van der Waals surface area (Å²) in [7, 11) is 0. The fourth-order valence-electron chi connectivity index (χ4n) is 1.63. The van der Waals surface area contributed by atoms with Gasteiger partial charge in [0, 0.05) is 24.2 Å². The predicted octanol–water partition coefficient (Wildman–Crippen LogP) is 3.87. The smallest absolute Gasteiger partial charge is 0.125 e. The SMILES string of the molecule is c1ccc(-c2cnc(-c3cccnc3)s2)cc1. The molecule has 0 spiro atoms. The van der Waals surface area contributed by atoms with Gasteiger partial charge in [0.05, 0.1) is 4.88 Å². The highest BCUT2D eigenvalue weighted by Gasteiger charge is 2.05. The van der Waals surface area contributed by atoms with Crippen LogP contribution in [0.3, 0.4) is 0 Å². The fraction of sp³-hybridized carbons (Fsp3) is 0. The van der Waals surface area contributed by atoms with Gasteiger partial charge in [-0.2, -0.15) is 0 Å². The lowest BCUT2D eigenvalue weighted by molar-refractivity contribution is 1.31. The summed E-state index contributed by atoms with van der Waals surface area (Å²) in [5, 5.41) is 1.01. The first kappa shape index (κ1) is 10.2. The van der Waals surface area contributed by atoms with Crippen molar-refractivity contribution in [1.82, 2.24) is 9.97 Å². The van der Waals surface area contributed by atoms with Crippen LogP contribution in [-0.2, 0) is 0 Å². The molecule has 0 aliphatic rings. The number of pyridine rings is 1. The Morgan fingerprint density at radius 1 is 0.824 bits per heavy atom. The van der Waals surface area contributed by atoms with Crippen molar-refractivity contribution in [1.29, 1.82) is 0 Å². The zero-order valence-corrected chi connectivity index (χ0v) is 9.89. The molecular formula is C14H10N2S. The van der Waals surface area contributed by atoms with Crippen molar-refractivity contribution in [3.05, 3.63) is 61.1 Å². The lowest BCUT2D eigenvalue weighted by Crippen LogP contribution is -1.75. The summed E-state index contributed by atoms with van der Waals surface area (Å²) >= 11 is 1.69. The molecule has 0 aliphatic heterocycles. The third-order valence-corrected chi connectivity index (χ3v) is 3.57. The van der Waals surface area contributed by atoms with E-state index in [0.717, 1.165) is 10.6 Å². The van der Waals surface area contributed by atoms with Gasteiger partial charge in [0.2, 0.25) is 0 Å². The van der Waals surface area contributed by atoms with Crippen LogP contribution in [0.25, 0.3) is 21.0 Å². The molecule has 3 heteroatoms. The minimum atomic E-state index is 1.01. The molecule has 17 heavy (non-hydrogen) atoms. The van der Waals surface area contributed by atoms with Crippen molar-refractivity contribution in [2.45, 2.75) is 0 Å². The normalized spacial score (nSPS) is 10.4. The molecule has 0 unspecified atom stereocenters. The van der Waals surface area contributed by atoms with Crippen molar-refractivity contribution in [2.75, 3.05) is 0 Å². The van der Waals surface area contributed by atoms with Crippen molar-refractivity contribution >= 4 is 11.3 Å². The van der Waals surface area contributed by atoms with Crippen LogP contribution in [0.2, 0.25) is 0 Å². The lowest BCUT2D eigenvalue weighted by atomic mass is 10.2. The average molecular weight is 238 g/mol. The van der Waals surface area contributed by atoms with Gasteiger partial charge in [-0.15, -0.1) is 11.3 Å². The molecule has 2 nitrogen and oxygen atoms in total. The number of aromatic nitrogens is 2. The van der Waals surface area contributed by atoms with E-state index in [1.54, 1.807) is 17.5 Å². The Morgan fingerprint density at radius 3 is 2.41 bits per heavy atom. The van der Waals surface area contributed by atoms with Gasteiger partial charge in [-0.1, -0.05) is 30.3 Å². The molecular weight excluding hydrogens is 228 g/mol. The van der Waals surface area contributed by atoms with Gasteiger partial charge in [-0.05, 0) is 17.7 Å². The molecule has 0 saturated carbocycles. The molecule has 0 aliphatic carbocycles. The summed E-state index contributed by atoms with van der Waals surface area (Å²) < 4.78 is 0. The zero-order chi connectivity index (χ0) is 11.5. The Labute approximate surface area is 104 Å². The number of hydrogen-bond donors (Lipinski definition) is 0. The van der Waals surface area contributed by atoms with Gasteiger partial charge in [-0.25, -0.2) is 4.98 Å². The topological polar surface area (TPSA) is 25.8 Å². The minimum absolute atomic E-state index is 1.01. The highest BCUT2D eigenvalue weighted by atomic mass is 32.1. The maximum atomic E-state index is 4.44. The monoisotopic (exact) mass is 238 g/mol. The van der Waals surface area contributed by atoms with Crippen LogP contribution in [0.1, 0.15) is 0 Å². The summed E-state index contributed by atoms with van der Waals surface area (Å²) in [6, 6.07) is 14.3. The molecule has 0 fully saturated rings. The van der Waals surface area contributed by atoms with Crippen molar-refractivity contribution in [2.24, 2.45) is 0 Å². The average Bonchev–Trinajstić information content (AvgIpc) is 2.90. The summed E-state index contributed by atoms with van der Waals surface area (Å²) in [6.07, 6.45) is 5.53. The standard InChI is InChI=1S/C14H10N2S/c1-2-5-11(6-3-1)13-10-16-14(17-13)12-7-4-8-15-9-12/h1-10H. The number of hydrogen-bond acceptors (Lipinski definition) is 3. The first-order chi connectivity index (χ1) is 8.43. The number of thiazole rings is 1. The second-order valence-corrected chi connectivity index (χ2v) is 4.67. The largest absolute Gasteiger partial charge is 0.264 e. The maximum Gasteiger partial charge on any atom is 0.125 e. The highest BCUT2D eigenvalue weighted by Crippen LogP contribution is 2.31. The summed E-state index contributed by atoms with van der Waals surface area (Å²) in [4.78, 5) is 9.74. The fourth-order valence-corrected chi connectivity index (χ4v) is 2.54. The number of benzene rings is 1. The molecule has 0 saturated heterocycles. The van der Waals surface area contributed by atoms with Crippen LogP contribution in [-0.4, -0.2) is 9.97 Å². The second-order valence-electron chi connectivity index (χ2n) is 3.64. The molecule has 1 aromatic carbocycles. The van der Waals surface area contributed by atoms with Crippen LogP contribution in [0.4, 0.5) is 0 Å². The van der Waals surface area contributed by atoms with E-state index in [1.165, 1.54) is 10.4 Å². The number of nitrogens with zero attached hydrogens (tertiary/aromatic N) is 2. The second kappa shape index (κ2) is 4.47. The van der Waals surface area contributed by atoms with E-state index in [0.29, 0.717) is 0 Å². The van der Waals surface area contributed by atoms with E-state index in [1.807, 2.05) is 42.7 Å². The van der Waals surface area contributed by atoms with Gasteiger partial charge in [-0.3, -0.25) is 4.98 Å². The van der Waals surface area contributed by atoms with Crippen LogP contribution >= 0.6 is 11.3 Å². The lowest BCUT2D eigenvalue weighted by Gasteiger charge is -1.94.